The van der Waals surface area contributed by atoms with Gasteiger partial charge in [-0.3, -0.25) is 4.79 Å². The lowest BCUT2D eigenvalue weighted by Crippen LogP contribution is -2.18. The molecular formula is C14H15NO4S2. The number of carbonyl (C=O) groups is 1. The lowest BCUT2D eigenvalue weighted by molar-refractivity contribution is -0.115. The number of methoxy groups -OCH3 is 3. The Kier molecular flexibility index (Phi) is 4.74. The maximum Gasteiger partial charge on any atom is 0.263 e. The van der Waals surface area contributed by atoms with Gasteiger partial charge < -0.3 is 19.5 Å². The highest BCUT2D eigenvalue weighted by atomic mass is 32.2. The zero-order valence-corrected chi connectivity index (χ0v) is 13.7. The largest absolute Gasteiger partial charge is 0.493 e. The number of hydrogen-bond acceptors (Lipinski definition) is 6. The highest BCUT2D eigenvalue weighted by Gasteiger charge is 2.26. The number of hydrogen-bond donors (Lipinski definition) is 1. The van der Waals surface area contributed by atoms with Gasteiger partial charge in [0, 0.05) is 0 Å². The number of carbonyl (C=O) groups excluding carboxylic acids is 1. The summed E-state index contributed by atoms with van der Waals surface area (Å²) in [6, 6.07) is 3.61. The molecule has 0 radical (unpaired) electrons. The number of nitrogens with one attached hydrogen (secondary N) is 1. The van der Waals surface area contributed by atoms with Crippen molar-refractivity contribution in [1.29, 1.82) is 0 Å². The third kappa shape index (κ3) is 2.98. The summed E-state index contributed by atoms with van der Waals surface area (Å²) in [7, 11) is 4.65. The van der Waals surface area contributed by atoms with Crippen LogP contribution in [0.4, 0.5) is 0 Å². The van der Waals surface area contributed by atoms with E-state index in [4.69, 9.17) is 26.4 Å². The predicted octanol–water partition coefficient (Wildman–Crippen LogP) is 2.59. The lowest BCUT2D eigenvalue weighted by atomic mass is 10.1. The van der Waals surface area contributed by atoms with Crippen LogP contribution in [-0.2, 0) is 4.79 Å². The molecule has 1 aliphatic heterocycles. The molecule has 0 saturated carbocycles. The Hall–Kier alpha value is -1.73. The van der Waals surface area contributed by atoms with Crippen molar-refractivity contribution < 1.29 is 19.0 Å². The van der Waals surface area contributed by atoms with Crippen molar-refractivity contribution in [3.8, 4) is 17.2 Å². The molecule has 7 heteroatoms. The van der Waals surface area contributed by atoms with Gasteiger partial charge in [-0.25, -0.2) is 0 Å². The van der Waals surface area contributed by atoms with E-state index < -0.39 is 0 Å². The number of rotatable bonds is 4. The molecule has 0 bridgehead atoms. The summed E-state index contributed by atoms with van der Waals surface area (Å²) in [6.45, 7) is 1.86. The first-order chi connectivity index (χ1) is 10.0. The first kappa shape index (κ1) is 15.7. The van der Waals surface area contributed by atoms with Crippen LogP contribution in [0.25, 0.3) is 5.57 Å². The van der Waals surface area contributed by atoms with Crippen molar-refractivity contribution in [2.24, 2.45) is 0 Å². The van der Waals surface area contributed by atoms with Gasteiger partial charge in [0.05, 0.1) is 26.2 Å². The number of ether oxygens (including phenoxy) is 3. The number of thiocarbonyl (C=S) groups is 1. The molecule has 1 saturated heterocycles. The molecule has 21 heavy (non-hydrogen) atoms. The maximum absolute atomic E-state index is 11.9. The average molecular weight is 325 g/mol. The fourth-order valence-corrected chi connectivity index (χ4v) is 3.08. The van der Waals surface area contributed by atoms with Crippen LogP contribution < -0.4 is 19.5 Å². The van der Waals surface area contributed by atoms with Crippen molar-refractivity contribution in [1.82, 2.24) is 5.32 Å². The summed E-state index contributed by atoms with van der Waals surface area (Å²) in [4.78, 5) is 12.4. The first-order valence-electron chi connectivity index (χ1n) is 6.06. The van der Waals surface area contributed by atoms with Crippen molar-refractivity contribution in [2.75, 3.05) is 21.3 Å². The Morgan fingerprint density at radius 2 is 1.71 bits per heavy atom. The number of allylic oxidation sites excluding steroid dienone is 1. The van der Waals surface area contributed by atoms with Gasteiger partial charge in [0.1, 0.15) is 4.32 Å². The lowest BCUT2D eigenvalue weighted by Gasteiger charge is -2.14. The smallest absolute Gasteiger partial charge is 0.263 e. The predicted molar refractivity (Wildman–Crippen MR) is 87.0 cm³/mol. The van der Waals surface area contributed by atoms with Crippen LogP contribution in [0.3, 0.4) is 0 Å². The Labute approximate surface area is 132 Å². The van der Waals surface area contributed by atoms with Crippen LogP contribution in [0, 0.1) is 0 Å². The molecule has 1 N–H and O–H groups in total. The molecular weight excluding hydrogens is 310 g/mol. The average Bonchev–Trinajstić information content (AvgIpc) is 2.83. The second kappa shape index (κ2) is 6.36. The van der Waals surface area contributed by atoms with Gasteiger partial charge in [-0.2, -0.15) is 0 Å². The molecule has 0 atom stereocenters. The van der Waals surface area contributed by atoms with Crippen LogP contribution in [0.1, 0.15) is 12.5 Å². The van der Waals surface area contributed by atoms with E-state index in [2.05, 4.69) is 5.32 Å². The Morgan fingerprint density at radius 1 is 1.14 bits per heavy atom. The van der Waals surface area contributed by atoms with Crippen molar-refractivity contribution in [3.05, 3.63) is 22.6 Å². The molecule has 2 rings (SSSR count). The highest BCUT2D eigenvalue weighted by molar-refractivity contribution is 8.26. The molecule has 1 aromatic rings. The van der Waals surface area contributed by atoms with Crippen LogP contribution in [-0.4, -0.2) is 31.6 Å². The molecule has 0 aliphatic carbocycles. The van der Waals surface area contributed by atoms with Gasteiger partial charge in [-0.1, -0.05) is 24.0 Å². The van der Waals surface area contributed by atoms with E-state index in [1.165, 1.54) is 11.8 Å². The molecule has 112 valence electrons. The summed E-state index contributed by atoms with van der Waals surface area (Å²) >= 11 is 6.26. The summed E-state index contributed by atoms with van der Waals surface area (Å²) in [5.41, 5.74) is 1.61. The minimum absolute atomic E-state index is 0.184. The highest BCUT2D eigenvalue weighted by Crippen LogP contribution is 2.41. The maximum atomic E-state index is 11.9. The van der Waals surface area contributed by atoms with E-state index in [-0.39, 0.29) is 5.91 Å². The molecule has 0 unspecified atom stereocenters. The SMILES string of the molecule is COc1cc(C(C)=C2SC(=S)NC2=O)cc(OC)c1OC. The second-order valence-electron chi connectivity index (χ2n) is 4.21. The molecule has 1 fully saturated rings. The zero-order chi connectivity index (χ0) is 15.6. The Balaban J connectivity index is 2.57. The molecule has 1 aliphatic rings. The van der Waals surface area contributed by atoms with Gasteiger partial charge in [0.15, 0.2) is 11.5 Å². The Bertz CT molecular complexity index is 615. The minimum Gasteiger partial charge on any atom is -0.493 e. The van der Waals surface area contributed by atoms with Crippen molar-refractivity contribution >= 4 is 39.8 Å². The molecule has 1 amide bonds. The molecule has 0 spiro atoms. The molecule has 1 aromatic carbocycles. The van der Waals surface area contributed by atoms with E-state index in [0.717, 1.165) is 11.1 Å². The van der Waals surface area contributed by atoms with Gasteiger partial charge in [-0.15, -0.1) is 0 Å². The number of thioether (sulfide) groups is 1. The van der Waals surface area contributed by atoms with E-state index >= 15 is 0 Å². The summed E-state index contributed by atoms with van der Waals surface area (Å²) < 4.78 is 16.4. The standard InChI is InChI=1S/C14H15NO4S2/c1-7(12-13(16)15-14(20)21-12)8-5-9(17-2)11(19-4)10(6-8)18-3/h5-6H,1-4H3,(H,15,16,20). The topological polar surface area (TPSA) is 56.8 Å². The zero-order valence-electron chi connectivity index (χ0n) is 12.1. The van der Waals surface area contributed by atoms with E-state index in [0.29, 0.717) is 26.5 Å². The third-order valence-electron chi connectivity index (χ3n) is 3.05. The fourth-order valence-electron chi connectivity index (χ4n) is 1.99. The van der Waals surface area contributed by atoms with Crippen LogP contribution >= 0.6 is 24.0 Å². The van der Waals surface area contributed by atoms with Crippen LogP contribution in [0.15, 0.2) is 17.0 Å². The monoisotopic (exact) mass is 325 g/mol. The summed E-state index contributed by atoms with van der Waals surface area (Å²) in [5, 5.41) is 2.61. The van der Waals surface area contributed by atoms with Crippen molar-refractivity contribution in [3.63, 3.8) is 0 Å². The summed E-state index contributed by atoms with van der Waals surface area (Å²) in [6.07, 6.45) is 0. The van der Waals surface area contributed by atoms with Gasteiger partial charge in [-0.05, 0) is 30.2 Å². The quantitative estimate of drug-likeness (QED) is 0.678. The molecule has 0 aromatic heterocycles. The summed E-state index contributed by atoms with van der Waals surface area (Å²) in [5.74, 6) is 1.41. The van der Waals surface area contributed by atoms with E-state index in [9.17, 15) is 4.79 Å². The number of benzene rings is 1. The van der Waals surface area contributed by atoms with Crippen molar-refractivity contribution in [2.45, 2.75) is 6.92 Å². The normalized spacial score (nSPS) is 16.6. The van der Waals surface area contributed by atoms with E-state index in [1.54, 1.807) is 33.5 Å². The third-order valence-corrected chi connectivity index (χ3v) is 4.39. The fraction of sp³-hybridized carbons (Fsp3) is 0.286. The van der Waals surface area contributed by atoms with E-state index in [1.807, 2.05) is 6.92 Å². The molecule has 5 nitrogen and oxygen atoms in total. The van der Waals surface area contributed by atoms with Crippen LogP contribution in [0.2, 0.25) is 0 Å². The van der Waals surface area contributed by atoms with Gasteiger partial charge >= 0.3 is 0 Å². The number of amides is 1. The van der Waals surface area contributed by atoms with Gasteiger partial charge in [0.2, 0.25) is 5.75 Å². The second-order valence-corrected chi connectivity index (χ2v) is 5.90. The first-order valence-corrected chi connectivity index (χ1v) is 7.28. The van der Waals surface area contributed by atoms with Crippen LogP contribution in [0.5, 0.6) is 17.2 Å². The minimum atomic E-state index is -0.184. The Morgan fingerprint density at radius 3 is 2.10 bits per heavy atom. The molecule has 1 heterocycles. The van der Waals surface area contributed by atoms with Gasteiger partial charge in [0.25, 0.3) is 5.91 Å².